The first-order chi connectivity index (χ1) is 8.10. The standard InChI is InChI=1S/C12H20IN3O/c1-4-10(5-2)14-6-7-16-9(3)15-8-11(13)12(16)17/h8,10,14H,4-7H2,1-3H3. The van der Waals surface area contributed by atoms with Gasteiger partial charge in [-0.05, 0) is 42.4 Å². The molecule has 1 rings (SSSR count). The zero-order valence-electron chi connectivity index (χ0n) is 10.7. The van der Waals surface area contributed by atoms with E-state index in [9.17, 15) is 4.79 Å². The van der Waals surface area contributed by atoms with Gasteiger partial charge in [0.05, 0.1) is 3.57 Å². The molecular weight excluding hydrogens is 329 g/mol. The van der Waals surface area contributed by atoms with Gasteiger partial charge in [0.25, 0.3) is 5.56 Å². The van der Waals surface area contributed by atoms with E-state index >= 15 is 0 Å². The molecule has 96 valence electrons. The van der Waals surface area contributed by atoms with Crippen LogP contribution in [0.1, 0.15) is 32.5 Å². The second-order valence-electron chi connectivity index (χ2n) is 4.08. The predicted molar refractivity (Wildman–Crippen MR) is 78.3 cm³/mol. The number of rotatable bonds is 6. The second kappa shape index (κ2) is 7.10. The van der Waals surface area contributed by atoms with Crippen LogP contribution in [0.15, 0.2) is 11.0 Å². The van der Waals surface area contributed by atoms with Gasteiger partial charge in [0.15, 0.2) is 0 Å². The van der Waals surface area contributed by atoms with E-state index in [-0.39, 0.29) is 5.56 Å². The van der Waals surface area contributed by atoms with E-state index in [1.807, 2.05) is 29.5 Å². The van der Waals surface area contributed by atoms with Crippen LogP contribution in [-0.4, -0.2) is 22.1 Å². The Labute approximate surface area is 116 Å². The molecule has 0 saturated heterocycles. The van der Waals surface area contributed by atoms with Gasteiger partial charge in [-0.25, -0.2) is 4.98 Å². The van der Waals surface area contributed by atoms with Gasteiger partial charge in [-0.3, -0.25) is 9.36 Å². The van der Waals surface area contributed by atoms with Crippen molar-refractivity contribution in [3.8, 4) is 0 Å². The zero-order valence-corrected chi connectivity index (χ0v) is 12.8. The average molecular weight is 349 g/mol. The molecule has 0 spiro atoms. The first-order valence-corrected chi connectivity index (χ1v) is 7.13. The van der Waals surface area contributed by atoms with Crippen LogP contribution in [0.2, 0.25) is 0 Å². The maximum absolute atomic E-state index is 11.9. The third-order valence-electron chi connectivity index (χ3n) is 2.96. The molecule has 0 aliphatic heterocycles. The molecule has 0 saturated carbocycles. The second-order valence-corrected chi connectivity index (χ2v) is 5.24. The maximum atomic E-state index is 11.9. The summed E-state index contributed by atoms with van der Waals surface area (Å²) in [6, 6.07) is 0.543. The van der Waals surface area contributed by atoms with E-state index in [1.54, 1.807) is 10.8 Å². The number of halogens is 1. The number of nitrogens with zero attached hydrogens (tertiary/aromatic N) is 2. The molecule has 4 nitrogen and oxygen atoms in total. The van der Waals surface area contributed by atoms with Gasteiger partial charge in [0.1, 0.15) is 5.82 Å². The molecule has 17 heavy (non-hydrogen) atoms. The van der Waals surface area contributed by atoms with Crippen LogP contribution in [-0.2, 0) is 6.54 Å². The third kappa shape index (κ3) is 4.06. The monoisotopic (exact) mass is 349 g/mol. The van der Waals surface area contributed by atoms with Crippen LogP contribution < -0.4 is 10.9 Å². The SMILES string of the molecule is CCC(CC)NCCn1c(C)ncc(I)c1=O. The molecule has 0 amide bonds. The molecule has 1 aromatic heterocycles. The fourth-order valence-corrected chi connectivity index (χ4v) is 2.20. The summed E-state index contributed by atoms with van der Waals surface area (Å²) in [5.74, 6) is 0.779. The Balaban J connectivity index is 2.64. The molecule has 0 aliphatic carbocycles. The molecule has 0 bridgehead atoms. The van der Waals surface area contributed by atoms with E-state index in [4.69, 9.17) is 0 Å². The quantitative estimate of drug-likeness (QED) is 0.799. The molecule has 1 heterocycles. The van der Waals surface area contributed by atoms with Crippen molar-refractivity contribution in [3.05, 3.63) is 25.9 Å². The Kier molecular flexibility index (Phi) is 6.11. The van der Waals surface area contributed by atoms with Crippen LogP contribution in [0.4, 0.5) is 0 Å². The summed E-state index contributed by atoms with van der Waals surface area (Å²) in [6.45, 7) is 7.71. The Morgan fingerprint density at radius 2 is 2.12 bits per heavy atom. The van der Waals surface area contributed by atoms with Gasteiger partial charge in [-0.2, -0.15) is 0 Å². The van der Waals surface area contributed by atoms with E-state index < -0.39 is 0 Å². The topological polar surface area (TPSA) is 46.9 Å². The Morgan fingerprint density at radius 3 is 2.71 bits per heavy atom. The van der Waals surface area contributed by atoms with E-state index in [0.717, 1.165) is 25.2 Å². The van der Waals surface area contributed by atoms with E-state index in [0.29, 0.717) is 16.2 Å². The van der Waals surface area contributed by atoms with Crippen molar-refractivity contribution in [1.29, 1.82) is 0 Å². The highest BCUT2D eigenvalue weighted by atomic mass is 127. The molecule has 0 fully saturated rings. The van der Waals surface area contributed by atoms with Crippen molar-refractivity contribution in [2.24, 2.45) is 0 Å². The first-order valence-electron chi connectivity index (χ1n) is 6.05. The largest absolute Gasteiger partial charge is 0.312 e. The number of hydrogen-bond donors (Lipinski definition) is 1. The summed E-state index contributed by atoms with van der Waals surface area (Å²) < 4.78 is 2.41. The summed E-state index contributed by atoms with van der Waals surface area (Å²) >= 11 is 2.03. The van der Waals surface area contributed by atoms with Crippen LogP contribution in [0.5, 0.6) is 0 Å². The fourth-order valence-electron chi connectivity index (χ4n) is 1.77. The summed E-state index contributed by atoms with van der Waals surface area (Å²) in [6.07, 6.45) is 3.87. The molecule has 0 unspecified atom stereocenters. The van der Waals surface area contributed by atoms with Crippen molar-refractivity contribution in [2.45, 2.75) is 46.2 Å². The lowest BCUT2D eigenvalue weighted by atomic mass is 10.2. The summed E-state index contributed by atoms with van der Waals surface area (Å²) in [5.41, 5.74) is 0.0597. The highest BCUT2D eigenvalue weighted by Gasteiger charge is 2.06. The molecule has 0 aromatic carbocycles. The normalized spacial score (nSPS) is 11.1. The summed E-state index contributed by atoms with van der Waals surface area (Å²) in [7, 11) is 0. The van der Waals surface area contributed by atoms with Gasteiger partial charge < -0.3 is 5.32 Å². The van der Waals surface area contributed by atoms with Crippen molar-refractivity contribution in [2.75, 3.05) is 6.54 Å². The maximum Gasteiger partial charge on any atom is 0.266 e. The van der Waals surface area contributed by atoms with Crippen LogP contribution in [0, 0.1) is 10.5 Å². The molecule has 1 N–H and O–H groups in total. The van der Waals surface area contributed by atoms with E-state index in [1.165, 1.54) is 0 Å². The summed E-state index contributed by atoms with van der Waals surface area (Å²) in [5, 5.41) is 3.45. The Bertz CT molecular complexity index is 413. The molecule has 1 aromatic rings. The third-order valence-corrected chi connectivity index (χ3v) is 3.70. The highest BCUT2D eigenvalue weighted by Crippen LogP contribution is 1.98. The Morgan fingerprint density at radius 1 is 1.47 bits per heavy atom. The molecule has 0 aliphatic rings. The minimum atomic E-state index is 0.0597. The van der Waals surface area contributed by atoms with Crippen molar-refractivity contribution in [3.63, 3.8) is 0 Å². The molecule has 5 heteroatoms. The van der Waals surface area contributed by atoms with E-state index in [2.05, 4.69) is 24.1 Å². The fraction of sp³-hybridized carbons (Fsp3) is 0.667. The minimum Gasteiger partial charge on any atom is -0.312 e. The minimum absolute atomic E-state index is 0.0597. The number of nitrogens with one attached hydrogen (secondary N) is 1. The lowest BCUT2D eigenvalue weighted by molar-refractivity contribution is 0.458. The van der Waals surface area contributed by atoms with Crippen LogP contribution in [0.25, 0.3) is 0 Å². The number of aromatic nitrogens is 2. The molecule has 0 radical (unpaired) electrons. The number of aryl methyl sites for hydroxylation is 1. The van der Waals surface area contributed by atoms with Gasteiger partial charge >= 0.3 is 0 Å². The lowest BCUT2D eigenvalue weighted by Crippen LogP contribution is -2.34. The lowest BCUT2D eigenvalue weighted by Gasteiger charge is -2.16. The van der Waals surface area contributed by atoms with Gasteiger partial charge in [0, 0.05) is 25.3 Å². The van der Waals surface area contributed by atoms with Gasteiger partial charge in [-0.1, -0.05) is 13.8 Å². The first kappa shape index (κ1) is 14.6. The van der Waals surface area contributed by atoms with Crippen molar-refractivity contribution < 1.29 is 0 Å². The van der Waals surface area contributed by atoms with Crippen molar-refractivity contribution >= 4 is 22.6 Å². The predicted octanol–water partition coefficient (Wildman–Crippen LogP) is 1.93. The smallest absolute Gasteiger partial charge is 0.266 e. The zero-order chi connectivity index (χ0) is 12.8. The molecular formula is C12H20IN3O. The van der Waals surface area contributed by atoms with Crippen LogP contribution in [0.3, 0.4) is 0 Å². The molecule has 0 atom stereocenters. The Hall–Kier alpha value is -0.430. The number of hydrogen-bond acceptors (Lipinski definition) is 3. The average Bonchev–Trinajstić information content (AvgIpc) is 2.33. The van der Waals surface area contributed by atoms with Crippen LogP contribution >= 0.6 is 22.6 Å². The highest BCUT2D eigenvalue weighted by molar-refractivity contribution is 14.1. The van der Waals surface area contributed by atoms with Gasteiger partial charge in [0.2, 0.25) is 0 Å². The van der Waals surface area contributed by atoms with Crippen molar-refractivity contribution in [1.82, 2.24) is 14.9 Å². The van der Waals surface area contributed by atoms with Gasteiger partial charge in [-0.15, -0.1) is 0 Å². The summed E-state index contributed by atoms with van der Waals surface area (Å²) in [4.78, 5) is 16.1.